The van der Waals surface area contributed by atoms with E-state index in [-0.39, 0.29) is 0 Å². The van der Waals surface area contributed by atoms with Gasteiger partial charge in [0.25, 0.3) is 0 Å². The molecule has 7 heteroatoms. The monoisotopic (exact) mass is 537 g/mol. The molecular formula is C33H43N7. The van der Waals surface area contributed by atoms with Crippen LogP contribution in [0.4, 0.5) is 5.82 Å². The van der Waals surface area contributed by atoms with Crippen LogP contribution in [-0.2, 0) is 6.54 Å². The summed E-state index contributed by atoms with van der Waals surface area (Å²) < 4.78 is 2.10. The molecule has 0 amide bonds. The fourth-order valence-corrected chi connectivity index (χ4v) is 5.10. The Hall–Kier alpha value is -3.81. The van der Waals surface area contributed by atoms with Gasteiger partial charge >= 0.3 is 0 Å². The Morgan fingerprint density at radius 1 is 0.925 bits per heavy atom. The van der Waals surface area contributed by atoms with E-state index in [9.17, 15) is 0 Å². The molecule has 0 radical (unpaired) electrons. The highest BCUT2D eigenvalue weighted by Crippen LogP contribution is 2.32. The second kappa shape index (κ2) is 13.5. The number of nitrogen functional groups attached to an aromatic ring is 1. The first-order valence-corrected chi connectivity index (χ1v) is 14.6. The minimum Gasteiger partial charge on any atom is -0.383 e. The Bertz CT molecular complexity index is 1470. The van der Waals surface area contributed by atoms with Gasteiger partial charge in [0.15, 0.2) is 11.5 Å². The number of fused-ring (bicyclic) bond motifs is 1. The van der Waals surface area contributed by atoms with Crippen molar-refractivity contribution in [3.05, 3.63) is 83.7 Å². The molecule has 3 aromatic heterocycles. The van der Waals surface area contributed by atoms with Gasteiger partial charge in [-0.2, -0.15) is 0 Å². The van der Waals surface area contributed by atoms with Crippen molar-refractivity contribution in [1.82, 2.24) is 24.4 Å². The van der Waals surface area contributed by atoms with E-state index in [1.807, 2.05) is 52.0 Å². The number of hydrogen-bond donors (Lipinski definition) is 2. The number of piperidine rings is 1. The highest BCUT2D eigenvalue weighted by atomic mass is 15.1. The first-order chi connectivity index (χ1) is 19.5. The van der Waals surface area contributed by atoms with E-state index in [1.165, 1.54) is 11.1 Å². The SMILES string of the molecule is CC.CC.CC1=CC(c2ccc3nc(-c4cccnc4N)n(-c4ccc(CN5CCC(N)CC5)cc4)c3n2)=CC1. The Morgan fingerprint density at radius 2 is 1.65 bits per heavy atom. The molecule has 0 atom stereocenters. The van der Waals surface area contributed by atoms with Crippen molar-refractivity contribution in [3.8, 4) is 17.1 Å². The van der Waals surface area contributed by atoms with Crippen molar-refractivity contribution in [3.63, 3.8) is 0 Å². The van der Waals surface area contributed by atoms with Crippen molar-refractivity contribution in [1.29, 1.82) is 0 Å². The van der Waals surface area contributed by atoms with Gasteiger partial charge in [-0.15, -0.1) is 0 Å². The molecule has 40 heavy (non-hydrogen) atoms. The highest BCUT2D eigenvalue weighted by Gasteiger charge is 2.20. The van der Waals surface area contributed by atoms with Gasteiger partial charge in [-0.1, -0.05) is 57.6 Å². The maximum atomic E-state index is 6.29. The molecule has 210 valence electrons. The molecule has 1 aromatic carbocycles. The van der Waals surface area contributed by atoms with Crippen molar-refractivity contribution < 1.29 is 0 Å². The van der Waals surface area contributed by atoms with Crippen LogP contribution in [0.3, 0.4) is 0 Å². The predicted molar refractivity (Wildman–Crippen MR) is 168 cm³/mol. The second-order valence-corrected chi connectivity index (χ2v) is 9.88. The minimum absolute atomic E-state index is 0.341. The fraction of sp³-hybridized carbons (Fsp3) is 0.364. The molecule has 2 aliphatic rings. The van der Waals surface area contributed by atoms with E-state index in [4.69, 9.17) is 21.4 Å². The van der Waals surface area contributed by atoms with Crippen molar-refractivity contribution in [2.45, 2.75) is 66.5 Å². The molecule has 0 saturated carbocycles. The second-order valence-electron chi connectivity index (χ2n) is 9.88. The standard InChI is InChI=1S/C29H31N7.2C2H6/c1-19-4-7-21(17-19)25-10-11-26-29(33-25)36(28(34-26)24-3-2-14-32-27(24)31)23-8-5-20(6-9-23)18-35-15-12-22(30)13-16-35;2*1-2/h2-3,5-11,14,17,22H,4,12-13,15-16,18,30H2,1H3,(H2,31,32);2*1-2H3. The number of rotatable bonds is 5. The number of nitrogens with zero attached hydrogens (tertiary/aromatic N) is 5. The van der Waals surface area contributed by atoms with Crippen LogP contribution < -0.4 is 11.5 Å². The lowest BCUT2D eigenvalue weighted by Gasteiger charge is -2.30. The van der Waals surface area contributed by atoms with Gasteiger partial charge in [-0.3, -0.25) is 9.47 Å². The van der Waals surface area contributed by atoms with Gasteiger partial charge in [0.05, 0.1) is 11.3 Å². The number of imidazole rings is 1. The first kappa shape index (κ1) is 29.2. The molecule has 4 aromatic rings. The first-order valence-electron chi connectivity index (χ1n) is 14.6. The molecule has 1 fully saturated rings. The van der Waals surface area contributed by atoms with Crippen LogP contribution in [0.1, 0.15) is 65.1 Å². The summed E-state index contributed by atoms with van der Waals surface area (Å²) in [5.74, 6) is 1.19. The normalized spacial score (nSPS) is 15.6. The molecule has 7 nitrogen and oxygen atoms in total. The molecule has 1 aliphatic carbocycles. The van der Waals surface area contributed by atoms with Crippen molar-refractivity contribution >= 4 is 22.6 Å². The third-order valence-corrected chi connectivity index (χ3v) is 7.16. The van der Waals surface area contributed by atoms with Gasteiger partial charge in [0.1, 0.15) is 11.3 Å². The number of likely N-dealkylation sites (tertiary alicyclic amines) is 1. The van der Waals surface area contributed by atoms with Crippen LogP contribution in [0.15, 0.2) is 72.5 Å². The zero-order chi connectivity index (χ0) is 28.6. The van der Waals surface area contributed by atoms with Gasteiger partial charge < -0.3 is 11.5 Å². The Kier molecular flexibility index (Phi) is 9.85. The highest BCUT2D eigenvalue weighted by molar-refractivity contribution is 5.85. The smallest absolute Gasteiger partial charge is 0.165 e. The average Bonchev–Trinajstić information content (AvgIpc) is 3.60. The van der Waals surface area contributed by atoms with Crippen LogP contribution in [0, 0.1) is 0 Å². The Labute approximate surface area is 238 Å². The molecule has 0 spiro atoms. The summed E-state index contributed by atoms with van der Waals surface area (Å²) in [7, 11) is 0. The molecule has 4 heterocycles. The number of aromatic nitrogens is 4. The van der Waals surface area contributed by atoms with Crippen LogP contribution >= 0.6 is 0 Å². The summed E-state index contributed by atoms with van der Waals surface area (Å²) in [4.78, 5) is 16.8. The van der Waals surface area contributed by atoms with Crippen LogP contribution in [0.2, 0.25) is 0 Å². The summed E-state index contributed by atoms with van der Waals surface area (Å²) in [5, 5.41) is 0. The molecule has 0 bridgehead atoms. The lowest BCUT2D eigenvalue weighted by molar-refractivity contribution is 0.205. The topological polar surface area (TPSA) is 98.9 Å². The quantitative estimate of drug-likeness (QED) is 0.291. The molecule has 0 unspecified atom stereocenters. The van der Waals surface area contributed by atoms with Gasteiger partial charge in [-0.25, -0.2) is 15.0 Å². The molecular weight excluding hydrogens is 494 g/mol. The van der Waals surface area contributed by atoms with Crippen LogP contribution in [0.5, 0.6) is 0 Å². The van der Waals surface area contributed by atoms with Crippen LogP contribution in [-0.4, -0.2) is 43.6 Å². The fourth-order valence-electron chi connectivity index (χ4n) is 5.10. The van der Waals surface area contributed by atoms with Gasteiger partial charge in [-0.05, 0) is 86.8 Å². The molecule has 1 saturated heterocycles. The largest absolute Gasteiger partial charge is 0.383 e. The molecule has 1 aliphatic heterocycles. The van der Waals surface area contributed by atoms with Crippen molar-refractivity contribution in [2.24, 2.45) is 5.73 Å². The Morgan fingerprint density at radius 3 is 2.30 bits per heavy atom. The van der Waals surface area contributed by atoms with E-state index >= 15 is 0 Å². The van der Waals surface area contributed by atoms with Crippen LogP contribution in [0.25, 0.3) is 33.8 Å². The lowest BCUT2D eigenvalue weighted by Crippen LogP contribution is -2.39. The van der Waals surface area contributed by atoms with E-state index in [0.29, 0.717) is 11.9 Å². The maximum Gasteiger partial charge on any atom is 0.165 e. The summed E-state index contributed by atoms with van der Waals surface area (Å²) in [6.07, 6.45) is 9.23. The number of pyridine rings is 2. The summed E-state index contributed by atoms with van der Waals surface area (Å²) in [6.45, 7) is 13.2. The van der Waals surface area contributed by atoms with E-state index in [2.05, 4.69) is 57.8 Å². The number of benzene rings is 1. The number of allylic oxidation sites excluding steroid dienone is 4. The predicted octanol–water partition coefficient (Wildman–Crippen LogP) is 6.77. The zero-order valence-corrected chi connectivity index (χ0v) is 24.6. The lowest BCUT2D eigenvalue weighted by atomic mass is 10.1. The summed E-state index contributed by atoms with van der Waals surface area (Å²) in [5.41, 5.74) is 20.5. The minimum atomic E-state index is 0.341. The summed E-state index contributed by atoms with van der Waals surface area (Å²) >= 11 is 0. The summed E-state index contributed by atoms with van der Waals surface area (Å²) in [6, 6.07) is 17.0. The molecule has 6 rings (SSSR count). The third-order valence-electron chi connectivity index (χ3n) is 7.16. The van der Waals surface area contributed by atoms with E-state index in [0.717, 1.165) is 78.4 Å². The molecule has 4 N–H and O–H groups in total. The zero-order valence-electron chi connectivity index (χ0n) is 24.6. The number of hydrogen-bond acceptors (Lipinski definition) is 6. The van der Waals surface area contributed by atoms with E-state index in [1.54, 1.807) is 6.20 Å². The van der Waals surface area contributed by atoms with E-state index < -0.39 is 0 Å². The maximum absolute atomic E-state index is 6.29. The van der Waals surface area contributed by atoms with Crippen molar-refractivity contribution in [2.75, 3.05) is 18.8 Å². The average molecular weight is 538 g/mol. The van der Waals surface area contributed by atoms with Gasteiger partial charge in [0.2, 0.25) is 0 Å². The third kappa shape index (κ3) is 6.32. The number of nitrogens with two attached hydrogens (primary N) is 2. The van der Waals surface area contributed by atoms with Gasteiger partial charge in [0, 0.05) is 24.5 Å². The number of anilines is 1. The Balaban J connectivity index is 0.000000886.